The molecule has 0 saturated heterocycles. The fourth-order valence-corrected chi connectivity index (χ4v) is 4.39. The van der Waals surface area contributed by atoms with E-state index >= 15 is 0 Å². The summed E-state index contributed by atoms with van der Waals surface area (Å²) in [5.74, 6) is -0.743. The molecule has 2 atom stereocenters. The van der Waals surface area contributed by atoms with Crippen LogP contribution in [0, 0.1) is 20.8 Å². The van der Waals surface area contributed by atoms with E-state index in [1.807, 2.05) is 84.0 Å². The number of benzene rings is 2. The van der Waals surface area contributed by atoms with E-state index in [4.69, 9.17) is 4.74 Å². The number of alkyl carbamates (subject to hydrolysis) is 1. The van der Waals surface area contributed by atoms with Crippen molar-refractivity contribution in [3.63, 3.8) is 0 Å². The van der Waals surface area contributed by atoms with Gasteiger partial charge in [-0.2, -0.15) is 12.6 Å². The second-order valence-corrected chi connectivity index (χ2v) is 11.6. The molecule has 2 unspecified atom stereocenters. The van der Waals surface area contributed by atoms with Crippen molar-refractivity contribution < 1.29 is 19.1 Å². The van der Waals surface area contributed by atoms with Crippen LogP contribution in [0.3, 0.4) is 0 Å². The minimum Gasteiger partial charge on any atom is -0.444 e. The van der Waals surface area contributed by atoms with Crippen LogP contribution in [0.4, 0.5) is 10.5 Å². The molecule has 0 aliphatic rings. The highest BCUT2D eigenvalue weighted by atomic mass is 32.1. The highest BCUT2D eigenvalue weighted by Gasteiger charge is 2.42. The summed E-state index contributed by atoms with van der Waals surface area (Å²) in [7, 11) is 0. The van der Waals surface area contributed by atoms with E-state index in [-0.39, 0.29) is 11.7 Å². The number of thiol groups is 1. The number of hydrogen-bond donors (Lipinski definition) is 3. The second-order valence-electron chi connectivity index (χ2n) is 11.3. The molecule has 2 N–H and O–H groups in total. The number of rotatable bonds is 7. The largest absolute Gasteiger partial charge is 0.444 e. The van der Waals surface area contributed by atoms with Gasteiger partial charge in [-0.05, 0) is 84.6 Å². The Kier molecular flexibility index (Phi) is 9.83. The summed E-state index contributed by atoms with van der Waals surface area (Å²) in [5, 5.41) is 5.72. The fraction of sp³-hybridized carbons (Fsp3) is 0.483. The molecule has 2 aromatic rings. The maximum absolute atomic E-state index is 14.1. The Morgan fingerprint density at radius 3 is 1.92 bits per heavy atom. The van der Waals surface area contributed by atoms with E-state index in [2.05, 4.69) is 23.3 Å². The Hall–Kier alpha value is -3.00. The molecule has 7 nitrogen and oxygen atoms in total. The van der Waals surface area contributed by atoms with E-state index in [1.54, 1.807) is 20.8 Å². The normalized spacial score (nSPS) is 13.4. The van der Waals surface area contributed by atoms with Crippen molar-refractivity contribution in [2.24, 2.45) is 0 Å². The van der Waals surface area contributed by atoms with E-state index in [9.17, 15) is 14.4 Å². The van der Waals surface area contributed by atoms with Crippen LogP contribution in [0.25, 0.3) is 0 Å². The number of amides is 3. The first-order valence-electron chi connectivity index (χ1n) is 12.4. The molecule has 0 aliphatic carbocycles. The number of nitrogens with zero attached hydrogens (tertiary/aromatic N) is 1. The molecule has 0 bridgehead atoms. The molecule has 8 heteroatoms. The molecular weight excluding hydrogens is 486 g/mol. The second kappa shape index (κ2) is 12.0. The lowest BCUT2D eigenvalue weighted by Crippen LogP contribution is -2.58. The van der Waals surface area contributed by atoms with Crippen molar-refractivity contribution in [3.8, 4) is 0 Å². The van der Waals surface area contributed by atoms with Crippen LogP contribution in [-0.2, 0) is 14.3 Å². The van der Waals surface area contributed by atoms with Crippen molar-refractivity contribution >= 4 is 36.2 Å². The van der Waals surface area contributed by atoms with Crippen LogP contribution < -0.4 is 10.6 Å². The van der Waals surface area contributed by atoms with Crippen LogP contribution in [0.2, 0.25) is 0 Å². The minimum absolute atomic E-state index is 0.0314. The van der Waals surface area contributed by atoms with Crippen LogP contribution >= 0.6 is 12.6 Å². The quantitative estimate of drug-likeness (QED) is 0.401. The Bertz CT molecular complexity index is 1110. The predicted octanol–water partition coefficient (Wildman–Crippen LogP) is 5.74. The number of carbonyl (C=O) groups is 3. The number of ether oxygens (including phenoxy) is 1. The molecule has 2 aromatic carbocycles. The summed E-state index contributed by atoms with van der Waals surface area (Å²) >= 11 is 4.35. The third kappa shape index (κ3) is 7.99. The Balaban J connectivity index is 2.59. The van der Waals surface area contributed by atoms with Crippen LogP contribution in [0.1, 0.15) is 69.8 Å². The van der Waals surface area contributed by atoms with E-state index in [1.165, 1.54) is 4.90 Å². The van der Waals surface area contributed by atoms with E-state index in [0.717, 1.165) is 16.7 Å². The molecule has 0 saturated carbocycles. The highest BCUT2D eigenvalue weighted by molar-refractivity contribution is 7.80. The van der Waals surface area contributed by atoms with Gasteiger partial charge in [0.05, 0.1) is 0 Å². The lowest BCUT2D eigenvalue weighted by molar-refractivity contribution is -0.146. The third-order valence-corrected chi connectivity index (χ3v) is 6.22. The van der Waals surface area contributed by atoms with Gasteiger partial charge in [-0.1, -0.05) is 42.5 Å². The number of para-hydroxylation sites is 1. The van der Waals surface area contributed by atoms with Gasteiger partial charge >= 0.3 is 6.09 Å². The van der Waals surface area contributed by atoms with Gasteiger partial charge in [-0.3, -0.25) is 9.59 Å². The summed E-state index contributed by atoms with van der Waals surface area (Å²) in [6, 6.07) is 11.3. The SMILES string of the molecule is Cc1ccccc1C(C(=O)Nc1c(C)cccc1C)N(C(=O)C(CS)NC(=O)OC(C)(C)C)C(C)(C)C. The van der Waals surface area contributed by atoms with Gasteiger partial charge in [-0.25, -0.2) is 4.79 Å². The van der Waals surface area contributed by atoms with Crippen LogP contribution in [0.15, 0.2) is 42.5 Å². The molecular formula is C29H41N3O4S. The molecule has 0 fully saturated rings. The topological polar surface area (TPSA) is 87.7 Å². The molecule has 37 heavy (non-hydrogen) atoms. The number of hydrogen-bond acceptors (Lipinski definition) is 5. The van der Waals surface area contributed by atoms with Crippen LogP contribution in [0.5, 0.6) is 0 Å². The molecule has 202 valence electrons. The fourth-order valence-electron chi connectivity index (χ4n) is 4.14. The van der Waals surface area contributed by atoms with Crippen molar-refractivity contribution in [2.45, 2.75) is 85.5 Å². The maximum Gasteiger partial charge on any atom is 0.408 e. The third-order valence-electron chi connectivity index (χ3n) is 5.85. The molecule has 0 aromatic heterocycles. The summed E-state index contributed by atoms with van der Waals surface area (Å²) in [4.78, 5) is 42.2. The molecule has 0 radical (unpaired) electrons. The van der Waals surface area contributed by atoms with Gasteiger partial charge in [0.15, 0.2) is 0 Å². The lowest BCUT2D eigenvalue weighted by Gasteiger charge is -2.43. The molecule has 0 spiro atoms. The van der Waals surface area contributed by atoms with Crippen molar-refractivity contribution in [1.82, 2.24) is 10.2 Å². The number of anilines is 1. The zero-order valence-electron chi connectivity index (χ0n) is 23.4. The average molecular weight is 528 g/mol. The zero-order valence-corrected chi connectivity index (χ0v) is 24.3. The van der Waals surface area contributed by atoms with Gasteiger partial charge in [0, 0.05) is 17.0 Å². The van der Waals surface area contributed by atoms with E-state index in [0.29, 0.717) is 11.3 Å². The van der Waals surface area contributed by atoms with Gasteiger partial charge in [-0.15, -0.1) is 0 Å². The highest BCUT2D eigenvalue weighted by Crippen LogP contribution is 2.33. The van der Waals surface area contributed by atoms with Crippen LogP contribution in [-0.4, -0.2) is 45.7 Å². The minimum atomic E-state index is -1.00. The zero-order chi connectivity index (χ0) is 28.1. The number of nitrogens with one attached hydrogen (secondary N) is 2. The maximum atomic E-state index is 14.1. The molecule has 2 rings (SSSR count). The molecule has 0 aliphatic heterocycles. The average Bonchev–Trinajstić information content (AvgIpc) is 2.76. The Labute approximate surface area is 226 Å². The molecule has 0 heterocycles. The summed E-state index contributed by atoms with van der Waals surface area (Å²) in [5.41, 5.74) is 2.62. The summed E-state index contributed by atoms with van der Waals surface area (Å²) < 4.78 is 5.37. The van der Waals surface area contributed by atoms with Gasteiger partial charge in [0.2, 0.25) is 5.91 Å². The van der Waals surface area contributed by atoms with Gasteiger partial charge in [0.25, 0.3) is 5.91 Å². The number of carbonyl (C=O) groups excluding carboxylic acids is 3. The first-order chi connectivity index (χ1) is 17.1. The first-order valence-corrected chi connectivity index (χ1v) is 13.1. The predicted molar refractivity (Wildman–Crippen MR) is 152 cm³/mol. The van der Waals surface area contributed by atoms with Gasteiger partial charge in [0.1, 0.15) is 17.7 Å². The summed E-state index contributed by atoms with van der Waals surface area (Å²) in [6.45, 7) is 16.6. The van der Waals surface area contributed by atoms with Gasteiger partial charge < -0.3 is 20.3 Å². The monoisotopic (exact) mass is 527 g/mol. The van der Waals surface area contributed by atoms with E-state index < -0.39 is 35.2 Å². The Morgan fingerprint density at radius 2 is 1.43 bits per heavy atom. The Morgan fingerprint density at radius 1 is 0.892 bits per heavy atom. The standard InChI is InChI=1S/C29H41N3O4S/c1-18-13-10-11-16-21(18)24(25(33)31-23-19(2)14-12-15-20(23)3)32(28(4,5)6)26(34)22(17-37)30-27(35)36-29(7,8)9/h10-16,22,24,37H,17H2,1-9H3,(H,30,35)(H,31,33). The van der Waals surface area contributed by atoms with Crippen molar-refractivity contribution in [3.05, 3.63) is 64.7 Å². The summed E-state index contributed by atoms with van der Waals surface area (Å²) in [6.07, 6.45) is -0.721. The number of aryl methyl sites for hydroxylation is 3. The molecule has 3 amide bonds. The lowest BCUT2D eigenvalue weighted by atomic mass is 9.93. The van der Waals surface area contributed by atoms with Crippen molar-refractivity contribution in [2.75, 3.05) is 11.1 Å². The smallest absolute Gasteiger partial charge is 0.408 e. The first kappa shape index (κ1) is 30.2. The van der Waals surface area contributed by atoms with Crippen molar-refractivity contribution in [1.29, 1.82) is 0 Å².